The van der Waals surface area contributed by atoms with Crippen molar-refractivity contribution in [3.63, 3.8) is 0 Å². The minimum absolute atomic E-state index is 0.394. The maximum Gasteiger partial charge on any atom is 0.101 e. The average molecular weight is 248 g/mol. The first-order valence-corrected chi connectivity index (χ1v) is 5.75. The molecule has 0 atom stereocenters. The molecule has 0 spiro atoms. The lowest BCUT2D eigenvalue weighted by molar-refractivity contribution is 1.26. The normalized spacial score (nSPS) is 9.37. The van der Waals surface area contributed by atoms with E-state index in [1.807, 2.05) is 24.3 Å². The molecule has 0 unspecified atom stereocenters. The van der Waals surface area contributed by atoms with Crippen molar-refractivity contribution in [1.29, 1.82) is 10.5 Å². The maximum atomic E-state index is 9.05. The van der Waals surface area contributed by atoms with Crippen LogP contribution in [0.4, 0.5) is 17.1 Å². The fourth-order valence-electron chi connectivity index (χ4n) is 1.72. The van der Waals surface area contributed by atoms with E-state index in [-0.39, 0.29) is 0 Å². The summed E-state index contributed by atoms with van der Waals surface area (Å²) in [5.41, 5.74) is 9.24. The van der Waals surface area contributed by atoms with Gasteiger partial charge < -0.3 is 11.1 Å². The Kier molecular flexibility index (Phi) is 3.66. The summed E-state index contributed by atoms with van der Waals surface area (Å²) in [6.45, 7) is 0. The van der Waals surface area contributed by atoms with Crippen LogP contribution in [0.2, 0.25) is 0 Å². The molecule has 0 amide bonds. The molecule has 0 fully saturated rings. The van der Waals surface area contributed by atoms with Crippen LogP contribution in [0.5, 0.6) is 0 Å². The molecule has 0 aliphatic carbocycles. The molecule has 0 bridgehead atoms. The molecule has 0 saturated carbocycles. The van der Waals surface area contributed by atoms with Gasteiger partial charge in [-0.15, -0.1) is 0 Å². The molecule has 4 heteroatoms. The van der Waals surface area contributed by atoms with Gasteiger partial charge in [0, 0.05) is 11.4 Å². The molecule has 3 N–H and O–H groups in total. The Morgan fingerprint density at radius 2 is 1.79 bits per heavy atom. The van der Waals surface area contributed by atoms with Crippen LogP contribution in [-0.4, -0.2) is 0 Å². The van der Waals surface area contributed by atoms with E-state index in [9.17, 15) is 0 Å². The molecule has 0 aliphatic heterocycles. The Hall–Kier alpha value is -2.98. The molecule has 0 aliphatic rings. The van der Waals surface area contributed by atoms with Gasteiger partial charge >= 0.3 is 0 Å². The first-order chi connectivity index (χ1) is 9.22. The number of hydrogen-bond donors (Lipinski definition) is 2. The summed E-state index contributed by atoms with van der Waals surface area (Å²) in [6.07, 6.45) is 0.394. The zero-order valence-electron chi connectivity index (χ0n) is 10.2. The molecule has 0 saturated heterocycles. The van der Waals surface area contributed by atoms with Crippen molar-refractivity contribution >= 4 is 17.1 Å². The van der Waals surface area contributed by atoms with Crippen molar-refractivity contribution in [2.75, 3.05) is 11.1 Å². The number of nitrogen functional groups attached to an aromatic ring is 1. The number of rotatable bonds is 3. The standard InChI is InChI=1S/C15H12N4/c16-8-7-11-1-4-14(5-2-11)19-15-6-3-13(18)9-12(15)10-17/h1-6,9,19H,7,18H2. The third-order valence-electron chi connectivity index (χ3n) is 2.68. The number of anilines is 3. The van der Waals surface area contributed by atoms with Crippen molar-refractivity contribution in [3.05, 3.63) is 53.6 Å². The van der Waals surface area contributed by atoms with Crippen molar-refractivity contribution < 1.29 is 0 Å². The van der Waals surface area contributed by atoms with Crippen molar-refractivity contribution in [2.24, 2.45) is 0 Å². The number of nitrogens with two attached hydrogens (primary N) is 1. The molecule has 2 aromatic carbocycles. The maximum absolute atomic E-state index is 9.05. The summed E-state index contributed by atoms with van der Waals surface area (Å²) in [6, 6.07) is 16.9. The third-order valence-corrected chi connectivity index (χ3v) is 2.68. The van der Waals surface area contributed by atoms with Gasteiger partial charge in [-0.05, 0) is 35.9 Å². The van der Waals surface area contributed by atoms with E-state index in [4.69, 9.17) is 16.3 Å². The number of nitriles is 2. The Balaban J connectivity index is 2.22. The Labute approximate surface area is 111 Å². The molecule has 19 heavy (non-hydrogen) atoms. The second-order valence-electron chi connectivity index (χ2n) is 4.07. The van der Waals surface area contributed by atoms with E-state index in [1.165, 1.54) is 0 Å². The lowest BCUT2D eigenvalue weighted by Crippen LogP contribution is -1.95. The zero-order valence-corrected chi connectivity index (χ0v) is 10.2. The number of hydrogen-bond acceptors (Lipinski definition) is 4. The third kappa shape index (κ3) is 3.02. The van der Waals surface area contributed by atoms with E-state index in [0.717, 1.165) is 11.3 Å². The van der Waals surface area contributed by atoms with Crippen LogP contribution in [0, 0.1) is 22.7 Å². The molecule has 4 nitrogen and oxygen atoms in total. The van der Waals surface area contributed by atoms with Gasteiger partial charge in [0.05, 0.1) is 23.7 Å². The topological polar surface area (TPSA) is 85.6 Å². The Morgan fingerprint density at radius 3 is 2.42 bits per heavy atom. The van der Waals surface area contributed by atoms with Gasteiger partial charge in [-0.1, -0.05) is 12.1 Å². The summed E-state index contributed by atoms with van der Waals surface area (Å²) >= 11 is 0. The number of nitrogens with one attached hydrogen (secondary N) is 1. The lowest BCUT2D eigenvalue weighted by atomic mass is 10.1. The molecule has 92 valence electrons. The lowest BCUT2D eigenvalue weighted by Gasteiger charge is -2.09. The predicted molar refractivity (Wildman–Crippen MR) is 74.6 cm³/mol. The second-order valence-corrected chi connectivity index (χ2v) is 4.07. The van der Waals surface area contributed by atoms with Crippen molar-refractivity contribution in [2.45, 2.75) is 6.42 Å². The summed E-state index contributed by atoms with van der Waals surface area (Å²) in [7, 11) is 0. The molecule has 2 aromatic rings. The molecule has 2 rings (SSSR count). The Bertz CT molecular complexity index is 660. The van der Waals surface area contributed by atoms with Crippen LogP contribution in [0.25, 0.3) is 0 Å². The SMILES string of the molecule is N#CCc1ccc(Nc2ccc(N)cc2C#N)cc1. The summed E-state index contributed by atoms with van der Waals surface area (Å²) in [4.78, 5) is 0. The summed E-state index contributed by atoms with van der Waals surface area (Å²) in [5.74, 6) is 0. The van der Waals surface area contributed by atoms with E-state index in [0.29, 0.717) is 23.4 Å². The van der Waals surface area contributed by atoms with Gasteiger partial charge in [0.25, 0.3) is 0 Å². The molecular formula is C15H12N4. The second kappa shape index (κ2) is 5.57. The van der Waals surface area contributed by atoms with Gasteiger partial charge in [0.1, 0.15) is 6.07 Å². The van der Waals surface area contributed by atoms with E-state index in [1.54, 1.807) is 18.2 Å². The molecule has 0 radical (unpaired) electrons. The van der Waals surface area contributed by atoms with Crippen LogP contribution in [0.1, 0.15) is 11.1 Å². The van der Waals surface area contributed by atoms with Crippen LogP contribution >= 0.6 is 0 Å². The van der Waals surface area contributed by atoms with E-state index in [2.05, 4.69) is 17.5 Å². The Morgan fingerprint density at radius 1 is 1.05 bits per heavy atom. The number of nitrogens with zero attached hydrogens (tertiary/aromatic N) is 2. The predicted octanol–water partition coefficient (Wildman–Crippen LogP) is 2.95. The quantitative estimate of drug-likeness (QED) is 0.818. The number of benzene rings is 2. The van der Waals surface area contributed by atoms with Gasteiger partial charge in [-0.2, -0.15) is 10.5 Å². The van der Waals surface area contributed by atoms with Gasteiger partial charge in [0.15, 0.2) is 0 Å². The fourth-order valence-corrected chi connectivity index (χ4v) is 1.72. The van der Waals surface area contributed by atoms with Crippen LogP contribution in [0.15, 0.2) is 42.5 Å². The van der Waals surface area contributed by atoms with Crippen molar-refractivity contribution in [1.82, 2.24) is 0 Å². The van der Waals surface area contributed by atoms with Crippen LogP contribution in [-0.2, 0) is 6.42 Å². The highest BCUT2D eigenvalue weighted by molar-refractivity contribution is 5.69. The minimum atomic E-state index is 0.394. The molecular weight excluding hydrogens is 236 g/mol. The smallest absolute Gasteiger partial charge is 0.101 e. The highest BCUT2D eigenvalue weighted by Gasteiger charge is 2.03. The van der Waals surface area contributed by atoms with Crippen molar-refractivity contribution in [3.8, 4) is 12.1 Å². The highest BCUT2D eigenvalue weighted by atomic mass is 14.9. The largest absolute Gasteiger partial charge is 0.399 e. The van der Waals surface area contributed by atoms with Crippen LogP contribution < -0.4 is 11.1 Å². The van der Waals surface area contributed by atoms with Gasteiger partial charge in [-0.3, -0.25) is 0 Å². The first-order valence-electron chi connectivity index (χ1n) is 5.75. The minimum Gasteiger partial charge on any atom is -0.399 e. The van der Waals surface area contributed by atoms with E-state index >= 15 is 0 Å². The van der Waals surface area contributed by atoms with Crippen LogP contribution in [0.3, 0.4) is 0 Å². The average Bonchev–Trinajstić information content (AvgIpc) is 2.43. The van der Waals surface area contributed by atoms with Gasteiger partial charge in [0.2, 0.25) is 0 Å². The van der Waals surface area contributed by atoms with E-state index < -0.39 is 0 Å². The van der Waals surface area contributed by atoms with Gasteiger partial charge in [-0.25, -0.2) is 0 Å². The fraction of sp³-hybridized carbons (Fsp3) is 0.0667. The molecule has 0 heterocycles. The highest BCUT2D eigenvalue weighted by Crippen LogP contribution is 2.22. The zero-order chi connectivity index (χ0) is 13.7. The summed E-state index contributed by atoms with van der Waals surface area (Å²) < 4.78 is 0. The molecule has 0 aromatic heterocycles. The summed E-state index contributed by atoms with van der Waals surface area (Å²) in [5, 5.41) is 20.8. The monoisotopic (exact) mass is 248 g/mol. The first kappa shape index (κ1) is 12.5.